The standard InChI is InChI=1S/C11H9Cl2NO/c1-6(15)10-9(13)7-4-3-5-8(12)11(7)14(10)2/h3-5H,1-2H3. The summed E-state index contributed by atoms with van der Waals surface area (Å²) in [7, 11) is 1.79. The summed E-state index contributed by atoms with van der Waals surface area (Å²) in [6.45, 7) is 1.49. The first kappa shape index (κ1) is 10.5. The van der Waals surface area contributed by atoms with Gasteiger partial charge in [0, 0.05) is 19.4 Å². The van der Waals surface area contributed by atoms with E-state index in [1.54, 1.807) is 17.7 Å². The van der Waals surface area contributed by atoms with Crippen molar-refractivity contribution < 1.29 is 4.79 Å². The number of ketones is 1. The van der Waals surface area contributed by atoms with E-state index in [1.807, 2.05) is 12.1 Å². The smallest absolute Gasteiger partial charge is 0.177 e. The van der Waals surface area contributed by atoms with Crippen LogP contribution < -0.4 is 0 Å². The molecule has 2 rings (SSSR count). The van der Waals surface area contributed by atoms with Gasteiger partial charge in [0.1, 0.15) is 5.69 Å². The average Bonchev–Trinajstić information content (AvgIpc) is 2.40. The number of hydrogen-bond acceptors (Lipinski definition) is 1. The minimum atomic E-state index is -0.0604. The quantitative estimate of drug-likeness (QED) is 0.699. The molecule has 0 aliphatic carbocycles. The summed E-state index contributed by atoms with van der Waals surface area (Å²) < 4.78 is 1.74. The van der Waals surface area contributed by atoms with Gasteiger partial charge in [-0.2, -0.15) is 0 Å². The van der Waals surface area contributed by atoms with Crippen LogP contribution >= 0.6 is 23.2 Å². The molecule has 2 nitrogen and oxygen atoms in total. The Balaban J connectivity index is 2.98. The van der Waals surface area contributed by atoms with Gasteiger partial charge in [0.2, 0.25) is 0 Å². The molecule has 0 fully saturated rings. The number of nitrogens with zero attached hydrogens (tertiary/aromatic N) is 1. The van der Waals surface area contributed by atoms with Gasteiger partial charge in [0.15, 0.2) is 5.78 Å². The zero-order valence-corrected chi connectivity index (χ0v) is 9.86. The highest BCUT2D eigenvalue weighted by molar-refractivity contribution is 6.41. The molecule has 4 heteroatoms. The SMILES string of the molecule is CC(=O)c1c(Cl)c2cccc(Cl)c2n1C. The molecular weight excluding hydrogens is 233 g/mol. The van der Waals surface area contributed by atoms with E-state index >= 15 is 0 Å². The Bertz CT molecular complexity index is 557. The summed E-state index contributed by atoms with van der Waals surface area (Å²) in [5.74, 6) is -0.0604. The van der Waals surface area contributed by atoms with E-state index in [-0.39, 0.29) is 5.78 Å². The topological polar surface area (TPSA) is 22.0 Å². The van der Waals surface area contributed by atoms with Crippen molar-refractivity contribution in [2.75, 3.05) is 0 Å². The lowest BCUT2D eigenvalue weighted by Crippen LogP contribution is -2.01. The second kappa shape index (κ2) is 3.54. The molecule has 0 saturated carbocycles. The first-order valence-corrected chi connectivity index (χ1v) is 5.23. The maximum absolute atomic E-state index is 11.4. The molecule has 1 heterocycles. The number of hydrogen-bond donors (Lipinski definition) is 0. The van der Waals surface area contributed by atoms with Gasteiger partial charge in [-0.15, -0.1) is 0 Å². The number of carbonyl (C=O) groups is 1. The summed E-state index contributed by atoms with van der Waals surface area (Å²) in [4.78, 5) is 11.4. The Morgan fingerprint density at radius 1 is 1.33 bits per heavy atom. The van der Waals surface area contributed by atoms with Crippen LogP contribution in [0, 0.1) is 0 Å². The Morgan fingerprint density at radius 3 is 2.53 bits per heavy atom. The number of rotatable bonds is 1. The van der Waals surface area contributed by atoms with Crippen molar-refractivity contribution in [3.8, 4) is 0 Å². The van der Waals surface area contributed by atoms with Gasteiger partial charge in [-0.05, 0) is 6.07 Å². The van der Waals surface area contributed by atoms with Crippen molar-refractivity contribution in [2.45, 2.75) is 6.92 Å². The number of benzene rings is 1. The molecule has 0 spiro atoms. The molecule has 0 unspecified atom stereocenters. The van der Waals surface area contributed by atoms with Gasteiger partial charge >= 0.3 is 0 Å². The van der Waals surface area contributed by atoms with E-state index in [9.17, 15) is 4.79 Å². The molecule has 0 atom stereocenters. The molecule has 0 amide bonds. The van der Waals surface area contributed by atoms with Crippen LogP contribution in [0.3, 0.4) is 0 Å². The molecule has 1 aromatic carbocycles. The number of para-hydroxylation sites is 1. The van der Waals surface area contributed by atoms with Crippen LogP contribution in [0.15, 0.2) is 18.2 Å². The summed E-state index contributed by atoms with van der Waals surface area (Å²) >= 11 is 12.2. The van der Waals surface area contributed by atoms with E-state index in [0.29, 0.717) is 15.7 Å². The fourth-order valence-electron chi connectivity index (χ4n) is 1.81. The van der Waals surface area contributed by atoms with Crippen LogP contribution in [0.1, 0.15) is 17.4 Å². The van der Waals surface area contributed by atoms with Crippen molar-refractivity contribution in [2.24, 2.45) is 7.05 Å². The molecule has 0 bridgehead atoms. The van der Waals surface area contributed by atoms with E-state index in [4.69, 9.17) is 23.2 Å². The largest absolute Gasteiger partial charge is 0.339 e. The monoisotopic (exact) mass is 241 g/mol. The van der Waals surface area contributed by atoms with Crippen LogP contribution in [-0.4, -0.2) is 10.4 Å². The van der Waals surface area contributed by atoms with Gasteiger partial charge < -0.3 is 4.57 Å². The molecule has 2 aromatic rings. The number of fused-ring (bicyclic) bond motifs is 1. The highest BCUT2D eigenvalue weighted by Gasteiger charge is 2.17. The van der Waals surface area contributed by atoms with Crippen molar-refractivity contribution in [3.63, 3.8) is 0 Å². The highest BCUT2D eigenvalue weighted by Crippen LogP contribution is 2.34. The van der Waals surface area contributed by atoms with Crippen molar-refractivity contribution >= 4 is 39.9 Å². The van der Waals surface area contributed by atoms with Gasteiger partial charge in [-0.3, -0.25) is 4.79 Å². The minimum Gasteiger partial charge on any atom is -0.339 e. The molecule has 0 saturated heterocycles. The Hall–Kier alpha value is -0.990. The summed E-state index contributed by atoms with van der Waals surface area (Å²) in [6, 6.07) is 5.46. The maximum atomic E-state index is 11.4. The second-order valence-corrected chi connectivity index (χ2v) is 4.20. The molecular formula is C11H9Cl2NO. The van der Waals surface area contributed by atoms with Crippen LogP contribution in [0.2, 0.25) is 10.0 Å². The zero-order valence-electron chi connectivity index (χ0n) is 8.34. The Morgan fingerprint density at radius 2 is 2.00 bits per heavy atom. The molecule has 78 valence electrons. The van der Waals surface area contributed by atoms with Gasteiger partial charge in [0.25, 0.3) is 0 Å². The lowest BCUT2D eigenvalue weighted by Gasteiger charge is -2.01. The predicted octanol–water partition coefficient (Wildman–Crippen LogP) is 3.69. The third-order valence-corrected chi connectivity index (χ3v) is 3.12. The van der Waals surface area contributed by atoms with Crippen LogP contribution in [0.5, 0.6) is 0 Å². The van der Waals surface area contributed by atoms with Crippen molar-refractivity contribution in [1.82, 2.24) is 4.57 Å². The first-order chi connectivity index (χ1) is 7.04. The molecule has 0 radical (unpaired) electrons. The fourth-order valence-corrected chi connectivity index (χ4v) is 2.52. The van der Waals surface area contributed by atoms with Crippen molar-refractivity contribution in [1.29, 1.82) is 0 Å². The van der Waals surface area contributed by atoms with Gasteiger partial charge in [0.05, 0.1) is 15.6 Å². The van der Waals surface area contributed by atoms with E-state index < -0.39 is 0 Å². The minimum absolute atomic E-state index is 0.0604. The summed E-state index contributed by atoms with van der Waals surface area (Å²) in [5, 5.41) is 1.89. The van der Waals surface area contributed by atoms with Crippen LogP contribution in [-0.2, 0) is 7.05 Å². The molecule has 15 heavy (non-hydrogen) atoms. The summed E-state index contributed by atoms with van der Waals surface area (Å²) in [5.41, 5.74) is 1.30. The molecule has 0 aliphatic rings. The number of halogens is 2. The first-order valence-electron chi connectivity index (χ1n) is 4.47. The van der Waals surface area contributed by atoms with Gasteiger partial charge in [-0.1, -0.05) is 35.3 Å². The van der Waals surface area contributed by atoms with E-state index in [2.05, 4.69) is 0 Å². The number of carbonyl (C=O) groups excluding carboxylic acids is 1. The third kappa shape index (κ3) is 1.45. The Kier molecular flexibility index (Phi) is 2.49. The van der Waals surface area contributed by atoms with E-state index in [0.717, 1.165) is 10.9 Å². The van der Waals surface area contributed by atoms with Crippen LogP contribution in [0.4, 0.5) is 0 Å². The number of Topliss-reactive ketones (excluding diaryl/α,β-unsaturated/α-hetero) is 1. The average molecular weight is 242 g/mol. The van der Waals surface area contributed by atoms with Crippen molar-refractivity contribution in [3.05, 3.63) is 33.9 Å². The normalized spacial score (nSPS) is 10.9. The van der Waals surface area contributed by atoms with Gasteiger partial charge in [-0.25, -0.2) is 0 Å². The highest BCUT2D eigenvalue weighted by atomic mass is 35.5. The lowest BCUT2D eigenvalue weighted by atomic mass is 10.2. The lowest BCUT2D eigenvalue weighted by molar-refractivity contribution is 0.101. The second-order valence-electron chi connectivity index (χ2n) is 3.41. The molecule has 1 aromatic heterocycles. The third-order valence-electron chi connectivity index (χ3n) is 2.44. The zero-order chi connectivity index (χ0) is 11.2. The van der Waals surface area contributed by atoms with Crippen LogP contribution in [0.25, 0.3) is 10.9 Å². The summed E-state index contributed by atoms with van der Waals surface area (Å²) in [6.07, 6.45) is 0. The Labute approximate surface area is 97.4 Å². The predicted molar refractivity (Wildman–Crippen MR) is 62.9 cm³/mol. The molecule has 0 aliphatic heterocycles. The number of aryl methyl sites for hydroxylation is 1. The molecule has 0 N–H and O–H groups in total. The van der Waals surface area contributed by atoms with E-state index in [1.165, 1.54) is 6.92 Å². The fraction of sp³-hybridized carbons (Fsp3) is 0.182. The number of aromatic nitrogens is 1. The maximum Gasteiger partial charge on any atom is 0.177 e.